The van der Waals surface area contributed by atoms with E-state index in [2.05, 4.69) is 17.6 Å². The van der Waals surface area contributed by atoms with E-state index < -0.39 is 15.4 Å². The summed E-state index contributed by atoms with van der Waals surface area (Å²) >= 11 is 0. The van der Waals surface area contributed by atoms with Crippen LogP contribution in [0.2, 0.25) is 0 Å². The third kappa shape index (κ3) is 4.20. The van der Waals surface area contributed by atoms with E-state index in [0.29, 0.717) is 12.0 Å². The minimum Gasteiger partial charge on any atom is -0.385 e. The first-order valence-electron chi connectivity index (χ1n) is 7.20. The van der Waals surface area contributed by atoms with E-state index in [1.165, 1.54) is 0 Å². The molecule has 2 N–H and O–H groups in total. The van der Waals surface area contributed by atoms with Gasteiger partial charge >= 0.3 is 0 Å². The third-order valence-corrected chi connectivity index (χ3v) is 5.55. The number of nitrogens with one attached hydrogen (secondary N) is 2. The van der Waals surface area contributed by atoms with Gasteiger partial charge in [0.05, 0.1) is 17.0 Å². The summed E-state index contributed by atoms with van der Waals surface area (Å²) in [4.78, 5) is 12.2. The van der Waals surface area contributed by atoms with E-state index in [1.807, 2.05) is 12.1 Å². The Hall–Kier alpha value is -1.56. The standard InChI is InChI=1S/C15H22N2O3S/c1-3-9-16-13-6-4-12(5-7-13)14(18)17-15(2)8-10-21(19,20)11-15/h4-7,16H,3,8-11H2,1-2H3,(H,17,18). The summed E-state index contributed by atoms with van der Waals surface area (Å²) in [6.07, 6.45) is 1.51. The lowest BCUT2D eigenvalue weighted by Gasteiger charge is -2.23. The fraction of sp³-hybridized carbons (Fsp3) is 0.533. The van der Waals surface area contributed by atoms with Crippen LogP contribution in [0, 0.1) is 0 Å². The van der Waals surface area contributed by atoms with Crippen molar-refractivity contribution in [1.29, 1.82) is 0 Å². The van der Waals surface area contributed by atoms with Gasteiger partial charge in [0, 0.05) is 17.8 Å². The molecule has 1 aliphatic rings. The molecular weight excluding hydrogens is 288 g/mol. The zero-order chi connectivity index (χ0) is 15.5. The SMILES string of the molecule is CCCNc1ccc(C(=O)NC2(C)CCS(=O)(=O)C2)cc1. The van der Waals surface area contributed by atoms with Crippen LogP contribution < -0.4 is 10.6 Å². The van der Waals surface area contributed by atoms with Crippen molar-refractivity contribution in [2.24, 2.45) is 0 Å². The van der Waals surface area contributed by atoms with Crippen molar-refractivity contribution in [1.82, 2.24) is 5.32 Å². The van der Waals surface area contributed by atoms with Crippen molar-refractivity contribution in [2.75, 3.05) is 23.4 Å². The van der Waals surface area contributed by atoms with Crippen LogP contribution in [0.1, 0.15) is 37.0 Å². The molecule has 1 aromatic rings. The van der Waals surface area contributed by atoms with E-state index >= 15 is 0 Å². The van der Waals surface area contributed by atoms with Crippen LogP contribution in [-0.4, -0.2) is 37.9 Å². The summed E-state index contributed by atoms with van der Waals surface area (Å²) in [5.41, 5.74) is 0.861. The summed E-state index contributed by atoms with van der Waals surface area (Å²) in [5, 5.41) is 6.09. The van der Waals surface area contributed by atoms with Gasteiger partial charge in [-0.1, -0.05) is 6.92 Å². The maximum atomic E-state index is 12.2. The number of carbonyl (C=O) groups excluding carboxylic acids is 1. The lowest BCUT2D eigenvalue weighted by atomic mass is 10.0. The van der Waals surface area contributed by atoms with Gasteiger partial charge in [0.1, 0.15) is 0 Å². The molecule has 1 saturated heterocycles. The maximum absolute atomic E-state index is 12.2. The number of hydrogen-bond donors (Lipinski definition) is 2. The summed E-state index contributed by atoms with van der Waals surface area (Å²) in [6.45, 7) is 4.76. The Labute approximate surface area is 126 Å². The molecule has 0 aliphatic carbocycles. The van der Waals surface area contributed by atoms with Crippen molar-refractivity contribution in [3.63, 3.8) is 0 Å². The van der Waals surface area contributed by atoms with Crippen LogP contribution in [0.15, 0.2) is 24.3 Å². The average Bonchev–Trinajstić information content (AvgIpc) is 2.70. The molecule has 1 aliphatic heterocycles. The fourth-order valence-corrected chi connectivity index (χ4v) is 4.56. The van der Waals surface area contributed by atoms with Gasteiger partial charge in [-0.15, -0.1) is 0 Å². The Morgan fingerprint density at radius 3 is 2.48 bits per heavy atom. The highest BCUT2D eigenvalue weighted by molar-refractivity contribution is 7.91. The first-order valence-corrected chi connectivity index (χ1v) is 9.03. The molecule has 0 spiro atoms. The molecule has 5 nitrogen and oxygen atoms in total. The molecule has 0 bridgehead atoms. The number of rotatable bonds is 5. The smallest absolute Gasteiger partial charge is 0.251 e. The molecule has 0 aromatic heterocycles. The van der Waals surface area contributed by atoms with Crippen molar-refractivity contribution in [3.8, 4) is 0 Å². The number of benzene rings is 1. The second kappa shape index (κ2) is 6.05. The van der Waals surface area contributed by atoms with Crippen LogP contribution >= 0.6 is 0 Å². The lowest BCUT2D eigenvalue weighted by molar-refractivity contribution is 0.0915. The van der Waals surface area contributed by atoms with E-state index in [0.717, 1.165) is 18.7 Å². The van der Waals surface area contributed by atoms with Crippen molar-refractivity contribution in [2.45, 2.75) is 32.2 Å². The molecule has 1 unspecified atom stereocenters. The van der Waals surface area contributed by atoms with Gasteiger partial charge in [-0.25, -0.2) is 8.42 Å². The Morgan fingerprint density at radius 2 is 1.95 bits per heavy atom. The van der Waals surface area contributed by atoms with E-state index in [9.17, 15) is 13.2 Å². The van der Waals surface area contributed by atoms with Crippen molar-refractivity contribution < 1.29 is 13.2 Å². The van der Waals surface area contributed by atoms with Crippen LogP contribution in [0.25, 0.3) is 0 Å². The molecule has 2 rings (SSSR count). The quantitative estimate of drug-likeness (QED) is 0.870. The Balaban J connectivity index is 2.00. The van der Waals surface area contributed by atoms with E-state index in [4.69, 9.17) is 0 Å². The zero-order valence-electron chi connectivity index (χ0n) is 12.5. The Kier molecular flexibility index (Phi) is 4.56. The summed E-state index contributed by atoms with van der Waals surface area (Å²) < 4.78 is 23.1. The topological polar surface area (TPSA) is 75.3 Å². The van der Waals surface area contributed by atoms with Crippen molar-refractivity contribution >= 4 is 21.4 Å². The Bertz CT molecular complexity index is 610. The van der Waals surface area contributed by atoms with Crippen LogP contribution in [0.3, 0.4) is 0 Å². The molecule has 1 fully saturated rings. The van der Waals surface area contributed by atoms with Gasteiger partial charge in [0.25, 0.3) is 5.91 Å². The predicted octanol–water partition coefficient (Wildman–Crippen LogP) is 1.82. The predicted molar refractivity (Wildman–Crippen MR) is 84.4 cm³/mol. The largest absolute Gasteiger partial charge is 0.385 e. The van der Waals surface area contributed by atoms with Gasteiger partial charge in [0.2, 0.25) is 0 Å². The van der Waals surface area contributed by atoms with Crippen LogP contribution in [0.5, 0.6) is 0 Å². The minimum atomic E-state index is -3.02. The van der Waals surface area contributed by atoms with E-state index in [1.54, 1.807) is 19.1 Å². The molecule has 1 heterocycles. The monoisotopic (exact) mass is 310 g/mol. The molecule has 116 valence electrons. The molecule has 1 aromatic carbocycles. The van der Waals surface area contributed by atoms with Gasteiger partial charge in [-0.2, -0.15) is 0 Å². The highest BCUT2D eigenvalue weighted by Crippen LogP contribution is 2.23. The number of anilines is 1. The first kappa shape index (κ1) is 15.8. The second-order valence-electron chi connectivity index (χ2n) is 5.86. The molecule has 0 saturated carbocycles. The minimum absolute atomic E-state index is 0.0158. The average molecular weight is 310 g/mol. The second-order valence-corrected chi connectivity index (χ2v) is 8.05. The highest BCUT2D eigenvalue weighted by Gasteiger charge is 2.39. The molecular formula is C15H22N2O3S. The van der Waals surface area contributed by atoms with Gasteiger partial charge < -0.3 is 10.6 Å². The van der Waals surface area contributed by atoms with Gasteiger partial charge in [-0.3, -0.25) is 4.79 Å². The molecule has 1 amide bonds. The summed E-state index contributed by atoms with van der Waals surface area (Å²) in [5.74, 6) is -0.0671. The highest BCUT2D eigenvalue weighted by atomic mass is 32.2. The van der Waals surface area contributed by atoms with Crippen LogP contribution in [-0.2, 0) is 9.84 Å². The number of sulfone groups is 1. The molecule has 1 atom stereocenters. The Morgan fingerprint density at radius 1 is 1.29 bits per heavy atom. The summed E-state index contributed by atoms with van der Waals surface area (Å²) in [6, 6.07) is 7.22. The van der Waals surface area contributed by atoms with Crippen LogP contribution in [0.4, 0.5) is 5.69 Å². The molecule has 0 radical (unpaired) electrons. The first-order chi connectivity index (χ1) is 9.84. The van der Waals surface area contributed by atoms with Crippen molar-refractivity contribution in [3.05, 3.63) is 29.8 Å². The number of carbonyl (C=O) groups is 1. The third-order valence-electron chi connectivity index (χ3n) is 3.64. The number of amides is 1. The van der Waals surface area contributed by atoms with E-state index in [-0.39, 0.29) is 17.4 Å². The zero-order valence-corrected chi connectivity index (χ0v) is 13.3. The lowest BCUT2D eigenvalue weighted by Crippen LogP contribution is -2.46. The normalized spacial score (nSPS) is 23.7. The maximum Gasteiger partial charge on any atom is 0.251 e. The number of hydrogen-bond acceptors (Lipinski definition) is 4. The van der Waals surface area contributed by atoms with Gasteiger partial charge in [0.15, 0.2) is 9.84 Å². The van der Waals surface area contributed by atoms with Gasteiger partial charge in [-0.05, 0) is 44.0 Å². The fourth-order valence-electron chi connectivity index (χ4n) is 2.46. The molecule has 6 heteroatoms. The summed E-state index contributed by atoms with van der Waals surface area (Å²) in [7, 11) is -3.02. The molecule has 21 heavy (non-hydrogen) atoms.